The Morgan fingerprint density at radius 2 is 2.07 bits per heavy atom. The number of esters is 1. The minimum atomic E-state index is -0.743. The Bertz CT molecular complexity index is 1100. The number of carbonyl (C=O) groups excluding carboxylic acids is 1. The van der Waals surface area contributed by atoms with Crippen LogP contribution in [0.4, 0.5) is 0 Å². The summed E-state index contributed by atoms with van der Waals surface area (Å²) in [5, 5.41) is 8.31. The van der Waals surface area contributed by atoms with Crippen LogP contribution in [-0.2, 0) is 11.8 Å². The third kappa shape index (κ3) is 3.93. The number of halogens is 1. The van der Waals surface area contributed by atoms with E-state index in [0.717, 1.165) is 5.56 Å². The Labute approximate surface area is 177 Å². The first-order valence-corrected chi connectivity index (χ1v) is 9.60. The van der Waals surface area contributed by atoms with E-state index in [1.54, 1.807) is 20.0 Å². The molecule has 2 heterocycles. The van der Waals surface area contributed by atoms with Crippen molar-refractivity contribution in [2.24, 2.45) is 7.05 Å². The van der Waals surface area contributed by atoms with E-state index in [-0.39, 0.29) is 18.1 Å². The molecule has 3 rings (SSSR count). The minimum absolute atomic E-state index is 0.133. The minimum Gasteiger partial charge on any atom is -0.489 e. The first-order valence-electron chi connectivity index (χ1n) is 9.23. The highest BCUT2D eigenvalue weighted by Gasteiger charge is 2.33. The van der Waals surface area contributed by atoms with Gasteiger partial charge in [-0.25, -0.2) is 9.78 Å². The molecule has 30 heavy (non-hydrogen) atoms. The van der Waals surface area contributed by atoms with Gasteiger partial charge < -0.3 is 13.9 Å². The molecule has 0 aliphatic heterocycles. The number of ether oxygens (including phenoxy) is 2. The molecular formula is C20H21ClN4O5. The van der Waals surface area contributed by atoms with Crippen LogP contribution in [0.25, 0.3) is 0 Å². The highest BCUT2D eigenvalue weighted by Crippen LogP contribution is 2.39. The predicted molar refractivity (Wildman–Crippen MR) is 108 cm³/mol. The van der Waals surface area contributed by atoms with Gasteiger partial charge in [0.1, 0.15) is 5.82 Å². The van der Waals surface area contributed by atoms with Crippen LogP contribution in [0.5, 0.6) is 5.75 Å². The molecule has 0 saturated carbocycles. The predicted octanol–water partition coefficient (Wildman–Crippen LogP) is 2.94. The quantitative estimate of drug-likeness (QED) is 0.524. The van der Waals surface area contributed by atoms with Crippen molar-refractivity contribution in [1.29, 1.82) is 0 Å². The number of nitrogens with zero attached hydrogens (tertiary/aromatic N) is 4. The Hall–Kier alpha value is -3.20. The van der Waals surface area contributed by atoms with Crippen LogP contribution in [0.15, 0.2) is 39.9 Å². The molecule has 0 saturated heterocycles. The molecule has 158 valence electrons. The Morgan fingerprint density at radius 1 is 1.33 bits per heavy atom. The average molecular weight is 433 g/mol. The lowest BCUT2D eigenvalue weighted by Crippen LogP contribution is -2.30. The number of benzene rings is 1. The van der Waals surface area contributed by atoms with Crippen molar-refractivity contribution in [2.45, 2.75) is 25.7 Å². The molecule has 0 bridgehead atoms. The van der Waals surface area contributed by atoms with Gasteiger partial charge in [0.05, 0.1) is 19.6 Å². The zero-order chi connectivity index (χ0) is 21.8. The van der Waals surface area contributed by atoms with Crippen molar-refractivity contribution in [3.63, 3.8) is 0 Å². The maximum absolute atomic E-state index is 12.9. The van der Waals surface area contributed by atoms with Gasteiger partial charge in [0.15, 0.2) is 5.69 Å². The van der Waals surface area contributed by atoms with Gasteiger partial charge in [0, 0.05) is 18.0 Å². The van der Waals surface area contributed by atoms with E-state index in [0.29, 0.717) is 16.7 Å². The molecule has 2 unspecified atom stereocenters. The number of carbonyl (C=O) groups is 1. The summed E-state index contributed by atoms with van der Waals surface area (Å²) in [7, 11) is 2.85. The number of rotatable bonds is 7. The number of hydrogen-bond donors (Lipinski definition) is 0. The highest BCUT2D eigenvalue weighted by molar-refractivity contribution is 6.31. The third-order valence-electron chi connectivity index (χ3n) is 4.75. The zero-order valence-electron chi connectivity index (χ0n) is 17.0. The SMILES string of the molecule is CCOC(=O)c1nc(C(C)C(c2nnco2)c2ccccc2Cl)n(C)c(=O)c1OC. The van der Waals surface area contributed by atoms with Gasteiger partial charge in [0.25, 0.3) is 5.56 Å². The third-order valence-corrected chi connectivity index (χ3v) is 5.09. The molecule has 2 aromatic heterocycles. The lowest BCUT2D eigenvalue weighted by atomic mass is 9.86. The normalized spacial score (nSPS) is 13.0. The van der Waals surface area contributed by atoms with Crippen molar-refractivity contribution < 1.29 is 18.7 Å². The second-order valence-electron chi connectivity index (χ2n) is 6.50. The highest BCUT2D eigenvalue weighted by atomic mass is 35.5. The van der Waals surface area contributed by atoms with Gasteiger partial charge in [-0.15, -0.1) is 10.2 Å². The van der Waals surface area contributed by atoms with Gasteiger partial charge in [0.2, 0.25) is 18.0 Å². The second-order valence-corrected chi connectivity index (χ2v) is 6.91. The average Bonchev–Trinajstić information content (AvgIpc) is 3.25. The monoisotopic (exact) mass is 432 g/mol. The van der Waals surface area contributed by atoms with E-state index in [2.05, 4.69) is 15.2 Å². The van der Waals surface area contributed by atoms with Crippen LogP contribution >= 0.6 is 11.6 Å². The summed E-state index contributed by atoms with van der Waals surface area (Å²) >= 11 is 6.44. The van der Waals surface area contributed by atoms with Crippen LogP contribution in [0, 0.1) is 0 Å². The molecule has 0 radical (unpaired) electrons. The first kappa shape index (κ1) is 21.5. The van der Waals surface area contributed by atoms with Gasteiger partial charge >= 0.3 is 5.97 Å². The van der Waals surface area contributed by atoms with E-state index >= 15 is 0 Å². The summed E-state index contributed by atoms with van der Waals surface area (Å²) in [6.07, 6.45) is 1.22. The molecular weight excluding hydrogens is 412 g/mol. The largest absolute Gasteiger partial charge is 0.489 e. The fraction of sp³-hybridized carbons (Fsp3) is 0.350. The standard InChI is InChI=1S/C20H21ClN4O5/c1-5-29-20(27)15-16(28-4)19(26)25(3)17(23-15)11(2)14(18-24-22-10-30-18)12-8-6-7-9-13(12)21/h6-11,14H,5H2,1-4H3. The van der Waals surface area contributed by atoms with Crippen LogP contribution in [0.3, 0.4) is 0 Å². The molecule has 0 amide bonds. The molecule has 9 nitrogen and oxygen atoms in total. The molecule has 0 N–H and O–H groups in total. The topological polar surface area (TPSA) is 109 Å². The summed E-state index contributed by atoms with van der Waals surface area (Å²) in [4.78, 5) is 29.7. The van der Waals surface area contributed by atoms with E-state index < -0.39 is 23.4 Å². The number of methoxy groups -OCH3 is 1. The van der Waals surface area contributed by atoms with Gasteiger partial charge in [-0.1, -0.05) is 36.7 Å². The van der Waals surface area contributed by atoms with Crippen LogP contribution in [0.1, 0.15) is 53.5 Å². The number of aromatic nitrogens is 4. The molecule has 0 aliphatic carbocycles. The Balaban J connectivity index is 2.20. The van der Waals surface area contributed by atoms with Gasteiger partial charge in [-0.3, -0.25) is 9.36 Å². The summed E-state index contributed by atoms with van der Waals surface area (Å²) in [5.74, 6) is -1.29. The van der Waals surface area contributed by atoms with Crippen molar-refractivity contribution in [3.8, 4) is 5.75 Å². The molecule has 1 aromatic carbocycles. The first-order chi connectivity index (χ1) is 14.4. The maximum atomic E-state index is 12.9. The molecule has 2 atom stereocenters. The Morgan fingerprint density at radius 3 is 2.67 bits per heavy atom. The molecule has 3 aromatic rings. The molecule has 0 spiro atoms. The van der Waals surface area contributed by atoms with E-state index in [1.165, 1.54) is 18.1 Å². The fourth-order valence-electron chi connectivity index (χ4n) is 3.34. The summed E-state index contributed by atoms with van der Waals surface area (Å²) in [6, 6.07) is 7.22. The fourth-order valence-corrected chi connectivity index (χ4v) is 3.59. The smallest absolute Gasteiger partial charge is 0.361 e. The summed E-state index contributed by atoms with van der Waals surface area (Å²) in [6.45, 7) is 3.63. The summed E-state index contributed by atoms with van der Waals surface area (Å²) in [5.41, 5.74) is 0.0206. The van der Waals surface area contributed by atoms with Gasteiger partial charge in [-0.05, 0) is 18.6 Å². The number of hydrogen-bond acceptors (Lipinski definition) is 8. The van der Waals surface area contributed by atoms with Crippen LogP contribution in [0.2, 0.25) is 5.02 Å². The lowest BCUT2D eigenvalue weighted by molar-refractivity contribution is 0.0514. The molecule has 10 heteroatoms. The molecule has 0 fully saturated rings. The van der Waals surface area contributed by atoms with Crippen molar-refractivity contribution in [3.05, 3.63) is 69.0 Å². The molecule has 0 aliphatic rings. The van der Waals surface area contributed by atoms with Crippen molar-refractivity contribution >= 4 is 17.6 Å². The maximum Gasteiger partial charge on any atom is 0.361 e. The van der Waals surface area contributed by atoms with E-state index in [1.807, 2.05) is 25.1 Å². The van der Waals surface area contributed by atoms with Crippen LogP contribution in [-0.4, -0.2) is 39.4 Å². The van der Waals surface area contributed by atoms with Gasteiger partial charge in [-0.2, -0.15) is 0 Å². The van der Waals surface area contributed by atoms with Crippen molar-refractivity contribution in [2.75, 3.05) is 13.7 Å². The van der Waals surface area contributed by atoms with Crippen LogP contribution < -0.4 is 10.3 Å². The van der Waals surface area contributed by atoms with Crippen molar-refractivity contribution in [1.82, 2.24) is 19.7 Å². The second kappa shape index (κ2) is 9.08. The zero-order valence-corrected chi connectivity index (χ0v) is 17.7. The summed E-state index contributed by atoms with van der Waals surface area (Å²) < 4.78 is 17.0. The van der Waals surface area contributed by atoms with E-state index in [4.69, 9.17) is 25.5 Å². The lowest BCUT2D eigenvalue weighted by Gasteiger charge is -2.24. The van der Waals surface area contributed by atoms with E-state index in [9.17, 15) is 9.59 Å². The Kier molecular flexibility index (Phi) is 6.51.